The number of hydrogen-bond donors (Lipinski definition) is 0. The molecule has 1 aromatic rings. The van der Waals surface area contributed by atoms with Crippen LogP contribution >= 0.6 is 0 Å². The van der Waals surface area contributed by atoms with Crippen LogP contribution in [0.25, 0.3) is 0 Å². The van der Waals surface area contributed by atoms with Crippen molar-refractivity contribution in [3.8, 4) is 0 Å². The number of nitro groups is 1. The molecule has 0 unspecified atom stereocenters. The molecular weight excluding hydrogens is 284 g/mol. The van der Waals surface area contributed by atoms with Crippen LogP contribution in [0, 0.1) is 10.1 Å². The van der Waals surface area contributed by atoms with E-state index in [1.54, 1.807) is 11.0 Å². The maximum Gasteiger partial charge on any atom is 0.282 e. The first kappa shape index (κ1) is 14.4. The van der Waals surface area contributed by atoms with Crippen molar-refractivity contribution in [2.75, 3.05) is 29.5 Å². The molecule has 1 fully saturated rings. The second-order valence-corrected chi connectivity index (χ2v) is 6.96. The van der Waals surface area contributed by atoms with Gasteiger partial charge in [-0.1, -0.05) is 0 Å². The quantitative estimate of drug-likeness (QED) is 0.469. The maximum atomic E-state index is 11.4. The van der Waals surface area contributed by atoms with E-state index in [0.29, 0.717) is 18.8 Å². The molecule has 0 aromatic heterocycles. The SMILES string of the molecule is CC(=O)c1ccc(N2CCS(=O)(=O)CC2)cc1[N+](=O)[O-]. The van der Waals surface area contributed by atoms with Gasteiger partial charge < -0.3 is 4.90 Å². The lowest BCUT2D eigenvalue weighted by Crippen LogP contribution is -2.40. The van der Waals surface area contributed by atoms with E-state index in [1.807, 2.05) is 0 Å². The molecule has 2 rings (SSSR count). The number of sulfone groups is 1. The Labute approximate surface area is 116 Å². The molecule has 0 spiro atoms. The fourth-order valence-corrected chi connectivity index (χ4v) is 3.34. The number of nitrogens with zero attached hydrogens (tertiary/aromatic N) is 2. The van der Waals surface area contributed by atoms with Crippen LogP contribution < -0.4 is 4.90 Å². The van der Waals surface area contributed by atoms with Crippen molar-refractivity contribution in [2.24, 2.45) is 0 Å². The average Bonchev–Trinajstić information content (AvgIpc) is 2.37. The number of anilines is 1. The van der Waals surface area contributed by atoms with Crippen molar-refractivity contribution in [3.05, 3.63) is 33.9 Å². The van der Waals surface area contributed by atoms with Crippen LogP contribution in [0.4, 0.5) is 11.4 Å². The third kappa shape index (κ3) is 2.96. The number of hydrogen-bond acceptors (Lipinski definition) is 6. The van der Waals surface area contributed by atoms with Crippen LogP contribution in [-0.2, 0) is 9.84 Å². The summed E-state index contributed by atoms with van der Waals surface area (Å²) in [5, 5.41) is 11.0. The first-order valence-corrected chi connectivity index (χ1v) is 7.87. The van der Waals surface area contributed by atoms with Gasteiger partial charge in [0.25, 0.3) is 5.69 Å². The van der Waals surface area contributed by atoms with Gasteiger partial charge >= 0.3 is 0 Å². The fraction of sp³-hybridized carbons (Fsp3) is 0.417. The van der Waals surface area contributed by atoms with E-state index in [9.17, 15) is 23.3 Å². The Morgan fingerprint density at radius 1 is 1.30 bits per heavy atom. The zero-order chi connectivity index (χ0) is 14.9. The Balaban J connectivity index is 2.33. The predicted octanol–water partition coefficient (Wildman–Crippen LogP) is 1.03. The van der Waals surface area contributed by atoms with E-state index in [-0.39, 0.29) is 28.5 Å². The number of Topliss-reactive ketones (excluding diaryl/α,β-unsaturated/α-hetero) is 1. The second-order valence-electron chi connectivity index (χ2n) is 4.65. The van der Waals surface area contributed by atoms with Gasteiger partial charge in [0.1, 0.15) is 0 Å². The topological polar surface area (TPSA) is 97.6 Å². The molecule has 108 valence electrons. The summed E-state index contributed by atoms with van der Waals surface area (Å²) in [5.74, 6) is -0.297. The van der Waals surface area contributed by atoms with Crippen LogP contribution in [0.3, 0.4) is 0 Å². The van der Waals surface area contributed by atoms with E-state index in [1.165, 1.54) is 19.1 Å². The van der Waals surface area contributed by atoms with Gasteiger partial charge in [-0.3, -0.25) is 14.9 Å². The highest BCUT2D eigenvalue weighted by atomic mass is 32.2. The summed E-state index contributed by atoms with van der Waals surface area (Å²) < 4.78 is 22.7. The lowest BCUT2D eigenvalue weighted by atomic mass is 10.1. The second kappa shape index (κ2) is 5.20. The van der Waals surface area contributed by atoms with Gasteiger partial charge in [0.2, 0.25) is 0 Å². The molecule has 1 aromatic carbocycles. The molecule has 0 atom stereocenters. The summed E-state index contributed by atoms with van der Waals surface area (Å²) >= 11 is 0. The van der Waals surface area contributed by atoms with Crippen LogP contribution in [0.2, 0.25) is 0 Å². The average molecular weight is 298 g/mol. The molecule has 1 aliphatic heterocycles. The molecule has 8 heteroatoms. The Morgan fingerprint density at radius 2 is 1.90 bits per heavy atom. The lowest BCUT2D eigenvalue weighted by molar-refractivity contribution is -0.385. The van der Waals surface area contributed by atoms with Crippen LogP contribution in [0.5, 0.6) is 0 Å². The van der Waals surface area contributed by atoms with E-state index >= 15 is 0 Å². The number of nitro benzene ring substituents is 1. The first-order valence-electron chi connectivity index (χ1n) is 6.05. The Hall–Kier alpha value is -1.96. The minimum Gasteiger partial charge on any atom is -0.369 e. The van der Waals surface area contributed by atoms with Gasteiger partial charge in [-0.15, -0.1) is 0 Å². The Morgan fingerprint density at radius 3 is 2.40 bits per heavy atom. The minimum absolute atomic E-state index is 0.0370. The van der Waals surface area contributed by atoms with Crippen molar-refractivity contribution in [1.82, 2.24) is 0 Å². The summed E-state index contributed by atoms with van der Waals surface area (Å²) in [6, 6.07) is 4.36. The highest BCUT2D eigenvalue weighted by Gasteiger charge is 2.24. The Kier molecular flexibility index (Phi) is 3.76. The molecule has 1 saturated heterocycles. The lowest BCUT2D eigenvalue weighted by Gasteiger charge is -2.28. The van der Waals surface area contributed by atoms with Crippen LogP contribution in [0.15, 0.2) is 18.2 Å². The molecular formula is C12H14N2O5S. The van der Waals surface area contributed by atoms with Crippen molar-refractivity contribution in [1.29, 1.82) is 0 Å². The van der Waals surface area contributed by atoms with Gasteiger partial charge in [0.05, 0.1) is 22.0 Å². The van der Waals surface area contributed by atoms with Crippen LogP contribution in [-0.4, -0.2) is 43.7 Å². The van der Waals surface area contributed by atoms with E-state index in [2.05, 4.69) is 0 Å². The summed E-state index contributed by atoms with van der Waals surface area (Å²) in [7, 11) is -3.00. The summed E-state index contributed by atoms with van der Waals surface area (Å²) in [4.78, 5) is 23.5. The van der Waals surface area contributed by atoms with E-state index < -0.39 is 14.8 Å². The first-order chi connectivity index (χ1) is 9.30. The summed E-state index contributed by atoms with van der Waals surface area (Å²) in [5.41, 5.74) is 0.378. The zero-order valence-electron chi connectivity index (χ0n) is 10.9. The number of benzene rings is 1. The molecule has 0 saturated carbocycles. The number of carbonyl (C=O) groups excluding carboxylic acids is 1. The van der Waals surface area contributed by atoms with E-state index in [0.717, 1.165) is 0 Å². The number of ketones is 1. The predicted molar refractivity (Wildman–Crippen MR) is 74.0 cm³/mol. The number of rotatable bonds is 3. The molecule has 0 radical (unpaired) electrons. The monoisotopic (exact) mass is 298 g/mol. The smallest absolute Gasteiger partial charge is 0.282 e. The van der Waals surface area contributed by atoms with E-state index in [4.69, 9.17) is 0 Å². The standard InChI is InChI=1S/C12H14N2O5S/c1-9(15)11-3-2-10(8-12(11)14(16)17)13-4-6-20(18,19)7-5-13/h2-3,8H,4-7H2,1H3. The van der Waals surface area contributed by atoms with Crippen molar-refractivity contribution in [2.45, 2.75) is 6.92 Å². The highest BCUT2D eigenvalue weighted by Crippen LogP contribution is 2.27. The molecule has 1 heterocycles. The van der Waals surface area contributed by atoms with Gasteiger partial charge in [-0.05, 0) is 19.1 Å². The summed E-state index contributed by atoms with van der Waals surface area (Å²) in [6.45, 7) is 1.88. The molecule has 1 aliphatic rings. The Bertz CT molecular complexity index is 654. The zero-order valence-corrected chi connectivity index (χ0v) is 11.7. The van der Waals surface area contributed by atoms with Gasteiger partial charge in [0, 0.05) is 24.8 Å². The highest BCUT2D eigenvalue weighted by molar-refractivity contribution is 7.91. The maximum absolute atomic E-state index is 11.4. The van der Waals surface area contributed by atoms with Gasteiger partial charge in [0.15, 0.2) is 15.6 Å². The molecule has 0 aliphatic carbocycles. The van der Waals surface area contributed by atoms with Crippen LogP contribution in [0.1, 0.15) is 17.3 Å². The van der Waals surface area contributed by atoms with Crippen molar-refractivity contribution in [3.63, 3.8) is 0 Å². The molecule has 0 bridgehead atoms. The third-order valence-corrected chi connectivity index (χ3v) is 4.88. The fourth-order valence-electron chi connectivity index (χ4n) is 2.14. The molecule has 7 nitrogen and oxygen atoms in total. The minimum atomic E-state index is -3.00. The molecule has 20 heavy (non-hydrogen) atoms. The number of carbonyl (C=O) groups is 1. The summed E-state index contributed by atoms with van der Waals surface area (Å²) in [6.07, 6.45) is 0. The normalized spacial score (nSPS) is 17.8. The van der Waals surface area contributed by atoms with Crippen molar-refractivity contribution < 1.29 is 18.1 Å². The third-order valence-electron chi connectivity index (χ3n) is 3.27. The van der Waals surface area contributed by atoms with Gasteiger partial charge in [-0.2, -0.15) is 0 Å². The molecule has 0 amide bonds. The van der Waals surface area contributed by atoms with Crippen molar-refractivity contribution >= 4 is 27.0 Å². The van der Waals surface area contributed by atoms with Gasteiger partial charge in [-0.25, -0.2) is 8.42 Å². The largest absolute Gasteiger partial charge is 0.369 e. The molecule has 0 N–H and O–H groups in total.